The molecule has 2 heterocycles. The number of rotatable bonds is 3. The molecule has 1 saturated heterocycles. The van der Waals surface area contributed by atoms with Crippen molar-refractivity contribution in [3.63, 3.8) is 0 Å². The van der Waals surface area contributed by atoms with Crippen molar-refractivity contribution in [1.29, 1.82) is 0 Å². The van der Waals surface area contributed by atoms with Crippen molar-refractivity contribution in [2.45, 2.75) is 43.9 Å². The van der Waals surface area contributed by atoms with Crippen molar-refractivity contribution in [3.05, 3.63) is 65.2 Å². The van der Waals surface area contributed by atoms with Gasteiger partial charge in [-0.25, -0.2) is 0 Å². The van der Waals surface area contributed by atoms with Crippen LogP contribution in [-0.4, -0.2) is 43.0 Å². The highest BCUT2D eigenvalue weighted by atomic mass is 16.5. The van der Waals surface area contributed by atoms with Gasteiger partial charge in [-0.3, -0.25) is 9.69 Å². The Labute approximate surface area is 172 Å². The Kier molecular flexibility index (Phi) is 4.80. The summed E-state index contributed by atoms with van der Waals surface area (Å²) in [4.78, 5) is 16.7. The second-order valence-corrected chi connectivity index (χ2v) is 8.58. The van der Waals surface area contributed by atoms with Gasteiger partial charge in [0, 0.05) is 37.9 Å². The van der Waals surface area contributed by atoms with Crippen molar-refractivity contribution in [2.24, 2.45) is 5.73 Å². The first-order valence-electron chi connectivity index (χ1n) is 10.8. The fourth-order valence-electron chi connectivity index (χ4n) is 5.52. The third-order valence-corrected chi connectivity index (χ3v) is 7.12. The van der Waals surface area contributed by atoms with Gasteiger partial charge in [-0.1, -0.05) is 36.4 Å². The van der Waals surface area contributed by atoms with Crippen LogP contribution in [0.15, 0.2) is 48.5 Å². The maximum absolute atomic E-state index is 11.8. The van der Waals surface area contributed by atoms with Crippen LogP contribution >= 0.6 is 0 Å². The molecule has 2 aromatic rings. The topological polar surface area (TPSA) is 58.8 Å². The molecule has 0 aromatic heterocycles. The van der Waals surface area contributed by atoms with E-state index in [0.717, 1.165) is 51.3 Å². The van der Waals surface area contributed by atoms with Crippen LogP contribution < -0.4 is 10.6 Å². The van der Waals surface area contributed by atoms with Gasteiger partial charge in [0.1, 0.15) is 0 Å². The number of piperazine rings is 1. The summed E-state index contributed by atoms with van der Waals surface area (Å²) in [6.07, 6.45) is 4.59. The number of nitrogens with two attached hydrogens (primary N) is 1. The molecule has 2 aliphatic heterocycles. The molecule has 2 fully saturated rings. The largest absolute Gasteiger partial charge is 0.368 e. The summed E-state index contributed by atoms with van der Waals surface area (Å²) in [6, 6.07) is 17.0. The van der Waals surface area contributed by atoms with Gasteiger partial charge in [0.25, 0.3) is 5.91 Å². The lowest BCUT2D eigenvalue weighted by Gasteiger charge is -2.45. The Morgan fingerprint density at radius 3 is 2.41 bits per heavy atom. The van der Waals surface area contributed by atoms with Gasteiger partial charge in [0.15, 0.2) is 0 Å². The quantitative estimate of drug-likeness (QED) is 0.872. The third-order valence-electron chi connectivity index (χ3n) is 7.12. The van der Waals surface area contributed by atoms with E-state index < -0.39 is 0 Å². The van der Waals surface area contributed by atoms with E-state index in [9.17, 15) is 4.79 Å². The van der Waals surface area contributed by atoms with Crippen LogP contribution in [0.3, 0.4) is 0 Å². The second kappa shape index (κ2) is 7.47. The summed E-state index contributed by atoms with van der Waals surface area (Å²) in [6.45, 7) is 4.69. The van der Waals surface area contributed by atoms with Gasteiger partial charge in [-0.2, -0.15) is 0 Å². The molecule has 5 heteroatoms. The van der Waals surface area contributed by atoms with E-state index in [1.54, 1.807) is 0 Å². The van der Waals surface area contributed by atoms with Crippen LogP contribution in [0, 0.1) is 0 Å². The maximum atomic E-state index is 11.8. The zero-order valence-electron chi connectivity index (χ0n) is 16.8. The monoisotopic (exact) mass is 391 g/mol. The number of hydrogen-bond acceptors (Lipinski definition) is 4. The number of carbonyl (C=O) groups is 1. The molecule has 0 radical (unpaired) electrons. The number of anilines is 1. The summed E-state index contributed by atoms with van der Waals surface area (Å²) in [5.74, 6) is -0.350. The number of fused-ring (bicyclic) bond motifs is 2. The van der Waals surface area contributed by atoms with Gasteiger partial charge < -0.3 is 15.4 Å². The summed E-state index contributed by atoms with van der Waals surface area (Å²) < 4.78 is 6.33. The van der Waals surface area contributed by atoms with Gasteiger partial charge in [0.05, 0.1) is 17.8 Å². The van der Waals surface area contributed by atoms with Crippen molar-refractivity contribution in [1.82, 2.24) is 4.90 Å². The third kappa shape index (κ3) is 3.32. The Bertz CT molecular complexity index is 897. The SMILES string of the molecule is NC(=O)c1ccccc1N1CCN(C2CCC3(CC2)OCc2ccccc23)CC1. The first-order valence-corrected chi connectivity index (χ1v) is 10.8. The highest BCUT2D eigenvalue weighted by Crippen LogP contribution is 2.47. The molecule has 1 saturated carbocycles. The van der Waals surface area contributed by atoms with Gasteiger partial charge in [0.2, 0.25) is 0 Å². The smallest absolute Gasteiger partial charge is 0.250 e. The average molecular weight is 392 g/mol. The van der Waals surface area contributed by atoms with E-state index in [4.69, 9.17) is 10.5 Å². The van der Waals surface area contributed by atoms with Crippen LogP contribution in [0.25, 0.3) is 0 Å². The summed E-state index contributed by atoms with van der Waals surface area (Å²) >= 11 is 0. The number of carbonyl (C=O) groups excluding carboxylic acids is 1. The molecule has 1 amide bonds. The molecule has 2 aromatic carbocycles. The summed E-state index contributed by atoms with van der Waals surface area (Å²) in [5, 5.41) is 0. The highest BCUT2D eigenvalue weighted by molar-refractivity contribution is 5.98. The maximum Gasteiger partial charge on any atom is 0.250 e. The minimum atomic E-state index is -0.350. The highest BCUT2D eigenvalue weighted by Gasteiger charge is 2.43. The minimum absolute atomic E-state index is 0.0463. The number of nitrogens with zero attached hydrogens (tertiary/aromatic N) is 2. The van der Waals surface area contributed by atoms with Crippen molar-refractivity contribution < 1.29 is 9.53 Å². The molecule has 0 atom stereocenters. The van der Waals surface area contributed by atoms with E-state index in [-0.39, 0.29) is 11.5 Å². The molecule has 1 spiro atoms. The zero-order valence-corrected chi connectivity index (χ0v) is 16.8. The number of para-hydroxylation sites is 1. The lowest BCUT2D eigenvalue weighted by molar-refractivity contribution is -0.0777. The fourth-order valence-corrected chi connectivity index (χ4v) is 5.52. The van der Waals surface area contributed by atoms with Gasteiger partial charge in [-0.05, 0) is 48.9 Å². The van der Waals surface area contributed by atoms with Crippen molar-refractivity contribution in [2.75, 3.05) is 31.1 Å². The predicted octanol–water partition coefficient (Wildman–Crippen LogP) is 3.28. The molecule has 0 bridgehead atoms. The first kappa shape index (κ1) is 18.6. The van der Waals surface area contributed by atoms with E-state index in [2.05, 4.69) is 34.1 Å². The predicted molar refractivity (Wildman–Crippen MR) is 114 cm³/mol. The molecule has 5 rings (SSSR count). The van der Waals surface area contributed by atoms with Crippen LogP contribution in [0.1, 0.15) is 47.2 Å². The molecule has 29 heavy (non-hydrogen) atoms. The van der Waals surface area contributed by atoms with Crippen LogP contribution in [0.2, 0.25) is 0 Å². The Morgan fingerprint density at radius 2 is 1.66 bits per heavy atom. The second-order valence-electron chi connectivity index (χ2n) is 8.58. The lowest BCUT2D eigenvalue weighted by atomic mass is 9.77. The molecule has 2 N–H and O–H groups in total. The average Bonchev–Trinajstić information content (AvgIpc) is 3.13. The lowest BCUT2D eigenvalue weighted by Crippen LogP contribution is -2.52. The van der Waals surface area contributed by atoms with E-state index in [1.807, 2.05) is 24.3 Å². The van der Waals surface area contributed by atoms with E-state index in [1.165, 1.54) is 24.0 Å². The number of benzene rings is 2. The summed E-state index contributed by atoms with van der Waals surface area (Å²) in [5.41, 5.74) is 9.91. The molecular formula is C24H29N3O2. The van der Waals surface area contributed by atoms with Crippen molar-refractivity contribution >= 4 is 11.6 Å². The molecule has 152 valence electrons. The molecule has 5 nitrogen and oxygen atoms in total. The first-order chi connectivity index (χ1) is 14.2. The fraction of sp³-hybridized carbons (Fsp3) is 0.458. The molecular weight excluding hydrogens is 362 g/mol. The Hall–Kier alpha value is -2.37. The zero-order chi connectivity index (χ0) is 19.8. The number of primary amides is 1. The Morgan fingerprint density at radius 1 is 0.966 bits per heavy atom. The van der Waals surface area contributed by atoms with Gasteiger partial charge in [-0.15, -0.1) is 0 Å². The van der Waals surface area contributed by atoms with Crippen LogP contribution in [0.4, 0.5) is 5.69 Å². The summed E-state index contributed by atoms with van der Waals surface area (Å²) in [7, 11) is 0. The van der Waals surface area contributed by atoms with Crippen LogP contribution in [-0.2, 0) is 16.9 Å². The van der Waals surface area contributed by atoms with Crippen molar-refractivity contribution in [3.8, 4) is 0 Å². The standard InChI is InChI=1S/C24H29N3O2/c25-23(28)20-6-2-4-8-22(20)27-15-13-26(14-16-27)19-9-11-24(12-10-19)21-7-3-1-5-18(21)17-29-24/h1-8,19H,9-17H2,(H2,25,28). The Balaban J connectivity index is 1.21. The minimum Gasteiger partial charge on any atom is -0.368 e. The normalized spacial score (nSPS) is 27.2. The van der Waals surface area contributed by atoms with E-state index in [0.29, 0.717) is 11.6 Å². The van der Waals surface area contributed by atoms with Gasteiger partial charge >= 0.3 is 0 Å². The van der Waals surface area contributed by atoms with Crippen LogP contribution in [0.5, 0.6) is 0 Å². The number of amides is 1. The number of hydrogen-bond donors (Lipinski definition) is 1. The molecule has 0 unspecified atom stereocenters. The molecule has 1 aliphatic carbocycles. The number of ether oxygens (including phenoxy) is 1. The molecule has 3 aliphatic rings. The van der Waals surface area contributed by atoms with E-state index >= 15 is 0 Å².